The number of carbonyl (C=O) groups is 1. The Morgan fingerprint density at radius 3 is 3.00 bits per heavy atom. The molecule has 1 amide bonds. The quantitative estimate of drug-likeness (QED) is 0.513. The van der Waals surface area contributed by atoms with Crippen LogP contribution in [0.3, 0.4) is 0 Å². The first-order valence-electron chi connectivity index (χ1n) is 6.58. The fourth-order valence-electron chi connectivity index (χ4n) is 2.93. The molecule has 8 nitrogen and oxygen atoms in total. The number of hydrogen-bond donors (Lipinski definition) is 4. The van der Waals surface area contributed by atoms with Gasteiger partial charge < -0.3 is 20.8 Å². The summed E-state index contributed by atoms with van der Waals surface area (Å²) in [5.74, 6) is -0.293. The lowest BCUT2D eigenvalue weighted by molar-refractivity contribution is -0.117. The highest BCUT2D eigenvalue weighted by Crippen LogP contribution is 2.36. The molecule has 1 saturated heterocycles. The number of aromatic nitrogens is 2. The lowest BCUT2D eigenvalue weighted by atomic mass is 9.68. The second-order valence-electron chi connectivity index (χ2n) is 5.20. The Morgan fingerprint density at radius 1 is 1.45 bits per heavy atom. The molecule has 1 aliphatic carbocycles. The molecule has 0 bridgehead atoms. The van der Waals surface area contributed by atoms with E-state index in [0.29, 0.717) is 6.61 Å². The van der Waals surface area contributed by atoms with Crippen molar-refractivity contribution in [2.45, 2.75) is 31.0 Å². The van der Waals surface area contributed by atoms with Crippen molar-refractivity contribution in [3.8, 4) is 0 Å². The molecule has 0 aromatic carbocycles. The second-order valence-corrected chi connectivity index (χ2v) is 5.20. The van der Waals surface area contributed by atoms with Crippen LogP contribution in [0.5, 0.6) is 0 Å². The molecule has 0 radical (unpaired) electrons. The number of hydrogen-bond acceptors (Lipinski definition) is 5. The molecule has 0 spiro atoms. The number of carbonyl (C=O) groups excluding carboxylic acids is 1. The average Bonchev–Trinajstić information content (AvgIpc) is 2.44. The van der Waals surface area contributed by atoms with Gasteiger partial charge in [0, 0.05) is 24.8 Å². The van der Waals surface area contributed by atoms with E-state index in [1.54, 1.807) is 0 Å². The SMILES string of the molecule is NC1C2CCCOC2C1NC(=O)c1c[nH]c(=O)[nH]c1=O. The van der Waals surface area contributed by atoms with Gasteiger partial charge in [-0.1, -0.05) is 0 Å². The minimum absolute atomic E-state index is 0.0791. The largest absolute Gasteiger partial charge is 0.376 e. The van der Waals surface area contributed by atoms with E-state index in [9.17, 15) is 14.4 Å². The van der Waals surface area contributed by atoms with Crippen LogP contribution in [-0.4, -0.2) is 40.7 Å². The first kappa shape index (κ1) is 13.1. The summed E-state index contributed by atoms with van der Waals surface area (Å²) in [6.07, 6.45) is 3.00. The van der Waals surface area contributed by atoms with Crippen LogP contribution in [0.15, 0.2) is 15.8 Å². The molecule has 1 saturated carbocycles. The molecule has 1 aliphatic heterocycles. The van der Waals surface area contributed by atoms with Gasteiger partial charge in [0.1, 0.15) is 5.56 Å². The minimum atomic E-state index is -0.722. The third kappa shape index (κ3) is 2.06. The monoisotopic (exact) mass is 280 g/mol. The molecule has 3 rings (SSSR count). The number of aromatic amines is 2. The van der Waals surface area contributed by atoms with E-state index < -0.39 is 17.2 Å². The maximum absolute atomic E-state index is 12.0. The van der Waals surface area contributed by atoms with Gasteiger partial charge in [0.15, 0.2) is 0 Å². The van der Waals surface area contributed by atoms with Crippen molar-refractivity contribution in [1.82, 2.24) is 15.3 Å². The molecule has 4 atom stereocenters. The Morgan fingerprint density at radius 2 is 2.25 bits per heavy atom. The van der Waals surface area contributed by atoms with Crippen molar-refractivity contribution in [3.05, 3.63) is 32.6 Å². The van der Waals surface area contributed by atoms with E-state index in [-0.39, 0.29) is 29.7 Å². The highest BCUT2D eigenvalue weighted by molar-refractivity contribution is 5.93. The molecular formula is C12H16N4O4. The standard InChI is InChI=1S/C12H16N4O4/c13-7-5-2-1-3-20-9(5)8(7)15-10(17)6-4-14-12(19)16-11(6)18/h4-5,7-9H,1-3,13H2,(H,15,17)(H2,14,16,18,19). The Hall–Kier alpha value is -1.93. The number of ether oxygens (including phenoxy) is 1. The van der Waals surface area contributed by atoms with E-state index in [0.717, 1.165) is 19.0 Å². The maximum Gasteiger partial charge on any atom is 0.325 e. The molecule has 20 heavy (non-hydrogen) atoms. The molecule has 1 aromatic heterocycles. The van der Waals surface area contributed by atoms with Gasteiger partial charge in [-0.15, -0.1) is 0 Å². The van der Waals surface area contributed by atoms with Gasteiger partial charge in [0.25, 0.3) is 11.5 Å². The number of nitrogens with two attached hydrogens (primary N) is 1. The summed E-state index contributed by atoms with van der Waals surface area (Å²) >= 11 is 0. The summed E-state index contributed by atoms with van der Waals surface area (Å²) in [6.45, 7) is 0.666. The molecule has 2 aliphatic rings. The topological polar surface area (TPSA) is 130 Å². The summed E-state index contributed by atoms with van der Waals surface area (Å²) in [5, 5.41) is 2.71. The highest BCUT2D eigenvalue weighted by atomic mass is 16.5. The molecule has 8 heteroatoms. The van der Waals surface area contributed by atoms with Crippen LogP contribution >= 0.6 is 0 Å². The third-order valence-electron chi connectivity index (χ3n) is 4.04. The van der Waals surface area contributed by atoms with E-state index in [1.165, 1.54) is 0 Å². The molecule has 4 unspecified atom stereocenters. The van der Waals surface area contributed by atoms with Gasteiger partial charge in [-0.05, 0) is 12.8 Å². The molecule has 2 heterocycles. The van der Waals surface area contributed by atoms with Gasteiger partial charge in [-0.25, -0.2) is 4.79 Å². The van der Waals surface area contributed by atoms with Crippen LogP contribution in [0, 0.1) is 5.92 Å². The lowest BCUT2D eigenvalue weighted by Crippen LogP contribution is -2.72. The number of H-pyrrole nitrogens is 2. The zero-order valence-corrected chi connectivity index (χ0v) is 10.7. The Kier molecular flexibility index (Phi) is 3.19. The van der Waals surface area contributed by atoms with E-state index in [1.807, 2.05) is 4.98 Å². The van der Waals surface area contributed by atoms with Crippen LogP contribution in [-0.2, 0) is 4.74 Å². The zero-order chi connectivity index (χ0) is 14.3. The number of amides is 1. The summed E-state index contributed by atoms with van der Waals surface area (Å²) < 4.78 is 5.61. The van der Waals surface area contributed by atoms with Crippen LogP contribution in [0.25, 0.3) is 0 Å². The molecule has 2 fully saturated rings. The average molecular weight is 280 g/mol. The van der Waals surface area contributed by atoms with E-state index in [4.69, 9.17) is 10.5 Å². The molecular weight excluding hydrogens is 264 g/mol. The predicted molar refractivity (Wildman–Crippen MR) is 69.4 cm³/mol. The number of fused-ring (bicyclic) bond motifs is 1. The van der Waals surface area contributed by atoms with Crippen molar-refractivity contribution in [2.24, 2.45) is 11.7 Å². The number of rotatable bonds is 2. The molecule has 1 aromatic rings. The summed E-state index contributed by atoms with van der Waals surface area (Å²) in [6, 6.07) is -0.453. The number of nitrogens with one attached hydrogen (secondary N) is 3. The minimum Gasteiger partial charge on any atom is -0.376 e. The van der Waals surface area contributed by atoms with Crippen LogP contribution in [0.2, 0.25) is 0 Å². The van der Waals surface area contributed by atoms with Crippen LogP contribution in [0.4, 0.5) is 0 Å². The summed E-state index contributed by atoms with van der Waals surface area (Å²) in [4.78, 5) is 38.8. The summed E-state index contributed by atoms with van der Waals surface area (Å²) in [5.41, 5.74) is 4.51. The Bertz CT molecular complexity index is 637. The lowest BCUT2D eigenvalue weighted by Gasteiger charge is -2.52. The smallest absolute Gasteiger partial charge is 0.325 e. The van der Waals surface area contributed by atoms with Gasteiger partial charge in [-0.3, -0.25) is 14.6 Å². The second kappa shape index (κ2) is 4.88. The van der Waals surface area contributed by atoms with Crippen molar-refractivity contribution in [3.63, 3.8) is 0 Å². The maximum atomic E-state index is 12.0. The van der Waals surface area contributed by atoms with Crippen molar-refractivity contribution >= 4 is 5.91 Å². The first-order valence-corrected chi connectivity index (χ1v) is 6.58. The zero-order valence-electron chi connectivity index (χ0n) is 10.7. The molecule has 5 N–H and O–H groups in total. The normalized spacial score (nSPS) is 32.0. The van der Waals surface area contributed by atoms with Gasteiger partial charge >= 0.3 is 5.69 Å². The Labute approximate surface area is 113 Å². The van der Waals surface area contributed by atoms with Gasteiger partial charge in [0.05, 0.1) is 12.1 Å². The molecule has 108 valence electrons. The van der Waals surface area contributed by atoms with Gasteiger partial charge in [0.2, 0.25) is 0 Å². The fraction of sp³-hybridized carbons (Fsp3) is 0.583. The fourth-order valence-corrected chi connectivity index (χ4v) is 2.93. The van der Waals surface area contributed by atoms with Crippen LogP contribution in [0.1, 0.15) is 23.2 Å². The Balaban J connectivity index is 1.73. The van der Waals surface area contributed by atoms with Crippen molar-refractivity contribution in [1.29, 1.82) is 0 Å². The third-order valence-corrected chi connectivity index (χ3v) is 4.04. The van der Waals surface area contributed by atoms with Crippen molar-refractivity contribution in [2.75, 3.05) is 6.61 Å². The van der Waals surface area contributed by atoms with Crippen molar-refractivity contribution < 1.29 is 9.53 Å². The highest BCUT2D eigenvalue weighted by Gasteiger charge is 2.51. The van der Waals surface area contributed by atoms with Crippen LogP contribution < -0.4 is 22.3 Å². The van der Waals surface area contributed by atoms with E-state index >= 15 is 0 Å². The van der Waals surface area contributed by atoms with Gasteiger partial charge in [-0.2, -0.15) is 0 Å². The summed E-state index contributed by atoms with van der Waals surface area (Å²) in [7, 11) is 0. The predicted octanol–water partition coefficient (Wildman–Crippen LogP) is -1.70. The van der Waals surface area contributed by atoms with E-state index in [2.05, 4.69) is 10.3 Å². The first-order chi connectivity index (χ1) is 9.58.